The zero-order chi connectivity index (χ0) is 19.9. The summed E-state index contributed by atoms with van der Waals surface area (Å²) in [5.41, 5.74) is 1.70. The molecule has 0 heterocycles. The van der Waals surface area contributed by atoms with E-state index in [1.807, 2.05) is 31.2 Å². The molecule has 0 saturated heterocycles. The molecular formula is C20H26N2O4S. The average Bonchev–Trinajstić information content (AvgIpc) is 2.67. The van der Waals surface area contributed by atoms with Gasteiger partial charge >= 0.3 is 0 Å². The first kappa shape index (κ1) is 20.9. The first-order chi connectivity index (χ1) is 12.9. The molecule has 2 N–H and O–H groups in total. The molecule has 2 rings (SSSR count). The van der Waals surface area contributed by atoms with Crippen molar-refractivity contribution < 1.29 is 17.9 Å². The van der Waals surface area contributed by atoms with E-state index >= 15 is 0 Å². The zero-order valence-electron chi connectivity index (χ0n) is 15.9. The Hall–Kier alpha value is -2.38. The molecule has 0 fully saturated rings. The smallest absolute Gasteiger partial charge is 0.265 e. The third-order valence-corrected chi connectivity index (χ3v) is 5.46. The highest BCUT2D eigenvalue weighted by Crippen LogP contribution is 2.17. The van der Waals surface area contributed by atoms with E-state index in [0.717, 1.165) is 6.42 Å². The summed E-state index contributed by atoms with van der Waals surface area (Å²) in [6.45, 7) is 6.01. The van der Waals surface area contributed by atoms with Gasteiger partial charge in [0.15, 0.2) is 6.10 Å². The molecule has 6 nitrogen and oxygen atoms in total. The summed E-state index contributed by atoms with van der Waals surface area (Å²) in [4.78, 5) is 12.5. The van der Waals surface area contributed by atoms with Gasteiger partial charge in [-0.2, -0.15) is 0 Å². The molecule has 2 aromatic rings. The number of carbonyl (C=O) groups excluding carboxylic acids is 1. The molecule has 146 valence electrons. The number of hydrogen-bond acceptors (Lipinski definition) is 4. The SMILES string of the molecule is CCCNS(=O)(=O)c1ccc(NC(=O)C(C)Oc2ccc(CC)cc2)cc1. The highest BCUT2D eigenvalue weighted by atomic mass is 32.2. The second kappa shape index (κ2) is 9.53. The van der Waals surface area contributed by atoms with Gasteiger partial charge in [0, 0.05) is 12.2 Å². The zero-order valence-corrected chi connectivity index (χ0v) is 16.7. The van der Waals surface area contributed by atoms with E-state index in [0.29, 0.717) is 24.4 Å². The molecule has 0 bridgehead atoms. The molecule has 0 radical (unpaired) electrons. The quantitative estimate of drug-likeness (QED) is 0.688. The van der Waals surface area contributed by atoms with Crippen molar-refractivity contribution in [3.8, 4) is 5.75 Å². The van der Waals surface area contributed by atoms with Gasteiger partial charge in [0.25, 0.3) is 5.91 Å². The van der Waals surface area contributed by atoms with E-state index in [-0.39, 0.29) is 10.8 Å². The standard InChI is InChI=1S/C20H26N2O4S/c1-4-14-21-27(24,25)19-12-8-17(9-13-19)22-20(23)15(3)26-18-10-6-16(5-2)7-11-18/h6-13,15,21H,4-5,14H2,1-3H3,(H,22,23). The van der Waals surface area contributed by atoms with E-state index in [4.69, 9.17) is 4.74 Å². The number of carbonyl (C=O) groups is 1. The molecule has 27 heavy (non-hydrogen) atoms. The first-order valence-corrected chi connectivity index (χ1v) is 10.5. The normalized spacial score (nSPS) is 12.4. The van der Waals surface area contributed by atoms with E-state index in [1.165, 1.54) is 17.7 Å². The number of sulfonamides is 1. The maximum atomic E-state index is 12.3. The van der Waals surface area contributed by atoms with Crippen molar-refractivity contribution in [1.82, 2.24) is 4.72 Å². The highest BCUT2D eigenvalue weighted by molar-refractivity contribution is 7.89. The molecule has 2 aromatic carbocycles. The summed E-state index contributed by atoms with van der Waals surface area (Å²) >= 11 is 0. The molecule has 7 heteroatoms. The Kier molecular flexibility index (Phi) is 7.38. The monoisotopic (exact) mass is 390 g/mol. The van der Waals surface area contributed by atoms with Gasteiger partial charge in [-0.25, -0.2) is 13.1 Å². The lowest BCUT2D eigenvalue weighted by Gasteiger charge is -2.15. The third kappa shape index (κ3) is 6.08. The number of nitrogens with one attached hydrogen (secondary N) is 2. The van der Waals surface area contributed by atoms with Crippen LogP contribution in [0.25, 0.3) is 0 Å². The van der Waals surface area contributed by atoms with Crippen LogP contribution in [-0.4, -0.2) is 27.0 Å². The van der Waals surface area contributed by atoms with Crippen LogP contribution in [0.2, 0.25) is 0 Å². The van der Waals surface area contributed by atoms with Gasteiger partial charge in [-0.05, 0) is 61.7 Å². The first-order valence-electron chi connectivity index (χ1n) is 9.02. The number of hydrogen-bond donors (Lipinski definition) is 2. The largest absolute Gasteiger partial charge is 0.481 e. The number of benzene rings is 2. The number of rotatable bonds is 9. The van der Waals surface area contributed by atoms with Crippen LogP contribution in [0, 0.1) is 0 Å². The molecule has 0 aliphatic heterocycles. The summed E-state index contributed by atoms with van der Waals surface area (Å²) in [6.07, 6.45) is 0.967. The van der Waals surface area contributed by atoms with Crippen molar-refractivity contribution >= 4 is 21.6 Å². The van der Waals surface area contributed by atoms with Crippen LogP contribution in [0.1, 0.15) is 32.8 Å². The second-order valence-corrected chi connectivity index (χ2v) is 7.94. The molecule has 0 aliphatic rings. The van der Waals surface area contributed by atoms with Crippen LogP contribution >= 0.6 is 0 Å². The van der Waals surface area contributed by atoms with E-state index in [1.54, 1.807) is 19.1 Å². The number of ether oxygens (including phenoxy) is 1. The Morgan fingerprint density at radius 1 is 1.04 bits per heavy atom. The maximum absolute atomic E-state index is 12.3. The van der Waals surface area contributed by atoms with Gasteiger partial charge in [-0.15, -0.1) is 0 Å². The van der Waals surface area contributed by atoms with Crippen LogP contribution in [0.15, 0.2) is 53.4 Å². The lowest BCUT2D eigenvalue weighted by molar-refractivity contribution is -0.122. The van der Waals surface area contributed by atoms with Crippen LogP contribution in [-0.2, 0) is 21.2 Å². The average molecular weight is 391 g/mol. The lowest BCUT2D eigenvalue weighted by Crippen LogP contribution is -2.30. The number of amides is 1. The fourth-order valence-electron chi connectivity index (χ4n) is 2.34. The summed E-state index contributed by atoms with van der Waals surface area (Å²) in [5.74, 6) is 0.313. The fraction of sp³-hybridized carbons (Fsp3) is 0.350. The summed E-state index contributed by atoms with van der Waals surface area (Å²) < 4.78 is 32.3. The molecule has 1 unspecified atom stereocenters. The summed E-state index contributed by atoms with van der Waals surface area (Å²) in [7, 11) is -3.52. The predicted octanol–water partition coefficient (Wildman–Crippen LogP) is 3.34. The third-order valence-electron chi connectivity index (χ3n) is 3.99. The number of aryl methyl sites for hydroxylation is 1. The van der Waals surface area contributed by atoms with E-state index < -0.39 is 16.1 Å². The maximum Gasteiger partial charge on any atom is 0.265 e. The second-order valence-electron chi connectivity index (χ2n) is 6.17. The van der Waals surface area contributed by atoms with Crippen LogP contribution in [0.4, 0.5) is 5.69 Å². The number of anilines is 1. The minimum atomic E-state index is -3.52. The minimum Gasteiger partial charge on any atom is -0.481 e. The van der Waals surface area contributed by atoms with Gasteiger partial charge in [-0.3, -0.25) is 4.79 Å². The van der Waals surface area contributed by atoms with Crippen molar-refractivity contribution in [2.45, 2.75) is 44.6 Å². The fourth-order valence-corrected chi connectivity index (χ4v) is 3.48. The highest BCUT2D eigenvalue weighted by Gasteiger charge is 2.16. The molecule has 1 amide bonds. The molecule has 0 aromatic heterocycles. The van der Waals surface area contributed by atoms with Crippen LogP contribution in [0.3, 0.4) is 0 Å². The Bertz CT molecular complexity index is 847. The molecule has 0 saturated carbocycles. The molecular weight excluding hydrogens is 364 g/mol. The Balaban J connectivity index is 1.96. The lowest BCUT2D eigenvalue weighted by atomic mass is 10.2. The Labute approximate surface area is 161 Å². The van der Waals surface area contributed by atoms with Crippen molar-refractivity contribution in [3.05, 3.63) is 54.1 Å². The minimum absolute atomic E-state index is 0.161. The van der Waals surface area contributed by atoms with Crippen molar-refractivity contribution in [2.24, 2.45) is 0 Å². The van der Waals surface area contributed by atoms with Crippen molar-refractivity contribution in [3.63, 3.8) is 0 Å². The molecule has 0 spiro atoms. The predicted molar refractivity (Wildman–Crippen MR) is 106 cm³/mol. The van der Waals surface area contributed by atoms with E-state index in [9.17, 15) is 13.2 Å². The van der Waals surface area contributed by atoms with Crippen LogP contribution < -0.4 is 14.8 Å². The van der Waals surface area contributed by atoms with Gasteiger partial charge in [-0.1, -0.05) is 26.0 Å². The topological polar surface area (TPSA) is 84.5 Å². The Morgan fingerprint density at radius 2 is 1.67 bits per heavy atom. The van der Waals surface area contributed by atoms with Crippen LogP contribution in [0.5, 0.6) is 5.75 Å². The van der Waals surface area contributed by atoms with Crippen molar-refractivity contribution in [1.29, 1.82) is 0 Å². The van der Waals surface area contributed by atoms with Gasteiger partial charge in [0.05, 0.1) is 4.90 Å². The van der Waals surface area contributed by atoms with E-state index in [2.05, 4.69) is 17.0 Å². The summed E-state index contributed by atoms with van der Waals surface area (Å²) in [5, 5.41) is 2.73. The van der Waals surface area contributed by atoms with Crippen molar-refractivity contribution in [2.75, 3.05) is 11.9 Å². The van der Waals surface area contributed by atoms with Gasteiger partial charge < -0.3 is 10.1 Å². The molecule has 0 aliphatic carbocycles. The van der Waals surface area contributed by atoms with Gasteiger partial charge in [0.1, 0.15) is 5.75 Å². The summed E-state index contributed by atoms with van der Waals surface area (Å²) in [6, 6.07) is 13.6. The molecule has 1 atom stereocenters. The Morgan fingerprint density at radius 3 is 2.22 bits per heavy atom. The van der Waals surface area contributed by atoms with Gasteiger partial charge in [0.2, 0.25) is 10.0 Å².